The van der Waals surface area contributed by atoms with Crippen molar-refractivity contribution in [1.82, 2.24) is 24.1 Å². The smallest absolute Gasteiger partial charge is 0.261 e. The van der Waals surface area contributed by atoms with Crippen LogP contribution in [0.25, 0.3) is 16.7 Å². The van der Waals surface area contributed by atoms with E-state index in [-0.39, 0.29) is 5.56 Å². The monoisotopic (exact) mass is 319 g/mol. The second-order valence-corrected chi connectivity index (χ2v) is 5.70. The maximum absolute atomic E-state index is 12.7. The zero-order valence-electron chi connectivity index (χ0n) is 12.7. The van der Waals surface area contributed by atoms with Crippen LogP contribution in [-0.4, -0.2) is 44.1 Å². The van der Waals surface area contributed by atoms with Crippen LogP contribution in [0.15, 0.2) is 22.2 Å². The molecule has 3 heterocycles. The first kappa shape index (κ1) is 15.0. The van der Waals surface area contributed by atoms with Crippen LogP contribution in [0.5, 0.6) is 0 Å². The van der Waals surface area contributed by atoms with E-state index in [9.17, 15) is 4.79 Å². The Balaban J connectivity index is 2.19. The highest BCUT2D eigenvalue weighted by Crippen LogP contribution is 2.17. The molecule has 3 aromatic rings. The van der Waals surface area contributed by atoms with Crippen LogP contribution in [-0.2, 0) is 11.3 Å². The molecule has 0 bridgehead atoms. The molecule has 0 atom stereocenters. The molecule has 3 aromatic heterocycles. The van der Waals surface area contributed by atoms with Crippen molar-refractivity contribution in [1.29, 1.82) is 0 Å². The summed E-state index contributed by atoms with van der Waals surface area (Å²) >= 11 is 1.45. The Bertz CT molecular complexity index is 886. The maximum atomic E-state index is 12.7. The Morgan fingerprint density at radius 2 is 2.18 bits per heavy atom. The summed E-state index contributed by atoms with van der Waals surface area (Å²) in [5.41, 5.74) is 1.36. The fourth-order valence-electron chi connectivity index (χ4n) is 2.45. The summed E-state index contributed by atoms with van der Waals surface area (Å²) in [5.74, 6) is 0.519. The molecule has 116 valence electrons. The second-order valence-electron chi connectivity index (χ2n) is 4.93. The number of methoxy groups -OCH3 is 1. The number of hydrogen-bond donors (Lipinski definition) is 0. The van der Waals surface area contributed by atoms with E-state index in [2.05, 4.69) is 15.1 Å². The zero-order valence-corrected chi connectivity index (χ0v) is 13.6. The molecule has 0 aliphatic heterocycles. The minimum Gasteiger partial charge on any atom is -0.385 e. The van der Waals surface area contributed by atoms with Crippen molar-refractivity contribution in [3.63, 3.8) is 0 Å². The van der Waals surface area contributed by atoms with Crippen LogP contribution in [0.3, 0.4) is 0 Å². The van der Waals surface area contributed by atoms with Gasteiger partial charge in [-0.05, 0) is 25.7 Å². The molecule has 0 aliphatic carbocycles. The number of rotatable bonds is 5. The average Bonchev–Trinajstić information content (AvgIpc) is 2.92. The molecule has 0 saturated carbocycles. The molecule has 0 N–H and O–H groups in total. The average molecular weight is 319 g/mol. The van der Waals surface area contributed by atoms with Crippen LogP contribution >= 0.6 is 11.8 Å². The molecule has 0 fully saturated rings. The Labute approximate surface area is 131 Å². The topological polar surface area (TPSA) is 74.3 Å². The lowest BCUT2D eigenvalue weighted by Gasteiger charge is -2.08. The lowest BCUT2D eigenvalue weighted by atomic mass is 10.2. The first-order valence-electron chi connectivity index (χ1n) is 6.95. The van der Waals surface area contributed by atoms with Crippen LogP contribution in [0.1, 0.15) is 12.1 Å². The number of pyridine rings is 1. The third kappa shape index (κ3) is 2.48. The number of aromatic nitrogens is 5. The molecule has 7 nitrogen and oxygen atoms in total. The van der Waals surface area contributed by atoms with E-state index in [0.717, 1.165) is 11.9 Å². The molecule has 0 aromatic carbocycles. The Hall–Kier alpha value is -1.93. The van der Waals surface area contributed by atoms with Crippen LogP contribution < -0.4 is 5.56 Å². The van der Waals surface area contributed by atoms with Gasteiger partial charge in [0, 0.05) is 26.5 Å². The van der Waals surface area contributed by atoms with Gasteiger partial charge in [-0.1, -0.05) is 11.8 Å². The van der Waals surface area contributed by atoms with E-state index in [1.807, 2.05) is 19.2 Å². The second kappa shape index (κ2) is 6.05. The van der Waals surface area contributed by atoms with E-state index in [1.54, 1.807) is 22.4 Å². The standard InChI is InChI=1S/C14H17N5O2S/c1-9-11-10(19-13(15-9)16-14(17-19)22-3)5-7-18(12(11)20)6-4-8-21-2/h5,7H,4,6,8H2,1-3H3. The quantitative estimate of drug-likeness (QED) is 0.524. The Morgan fingerprint density at radius 3 is 2.91 bits per heavy atom. The molecule has 22 heavy (non-hydrogen) atoms. The van der Waals surface area contributed by atoms with Gasteiger partial charge in [0.1, 0.15) is 0 Å². The van der Waals surface area contributed by atoms with Gasteiger partial charge in [-0.25, -0.2) is 4.98 Å². The SMILES string of the molecule is COCCCn1ccc2c(c(C)nc3nc(SC)nn32)c1=O. The number of nitrogens with zero attached hydrogens (tertiary/aromatic N) is 5. The highest BCUT2D eigenvalue weighted by Gasteiger charge is 2.14. The molecule has 0 unspecified atom stereocenters. The van der Waals surface area contributed by atoms with Crippen molar-refractivity contribution < 1.29 is 4.74 Å². The van der Waals surface area contributed by atoms with Crippen molar-refractivity contribution in [3.05, 3.63) is 28.3 Å². The van der Waals surface area contributed by atoms with Crippen molar-refractivity contribution in [2.45, 2.75) is 25.0 Å². The summed E-state index contributed by atoms with van der Waals surface area (Å²) < 4.78 is 8.36. The summed E-state index contributed by atoms with van der Waals surface area (Å²) in [6, 6.07) is 1.89. The summed E-state index contributed by atoms with van der Waals surface area (Å²) in [7, 11) is 1.65. The van der Waals surface area contributed by atoms with Crippen LogP contribution in [0, 0.1) is 6.92 Å². The van der Waals surface area contributed by atoms with Crippen molar-refractivity contribution in [2.75, 3.05) is 20.0 Å². The molecule has 0 amide bonds. The summed E-state index contributed by atoms with van der Waals surface area (Å²) in [6.07, 6.45) is 4.49. The van der Waals surface area contributed by atoms with Gasteiger partial charge in [0.25, 0.3) is 11.3 Å². The molecule has 0 radical (unpaired) electrons. The lowest BCUT2D eigenvalue weighted by molar-refractivity contribution is 0.190. The number of thioether (sulfide) groups is 1. The molecule has 0 spiro atoms. The highest BCUT2D eigenvalue weighted by atomic mass is 32.2. The Morgan fingerprint density at radius 1 is 1.36 bits per heavy atom. The highest BCUT2D eigenvalue weighted by molar-refractivity contribution is 7.98. The first-order valence-corrected chi connectivity index (χ1v) is 8.17. The molecule has 3 rings (SSSR count). The van der Waals surface area contributed by atoms with E-state index in [0.29, 0.717) is 35.2 Å². The largest absolute Gasteiger partial charge is 0.385 e. The fraction of sp³-hybridized carbons (Fsp3) is 0.429. The minimum atomic E-state index is -0.0540. The van der Waals surface area contributed by atoms with Gasteiger partial charge in [0.2, 0.25) is 5.16 Å². The molecule has 0 aliphatic rings. The van der Waals surface area contributed by atoms with Crippen LogP contribution in [0.2, 0.25) is 0 Å². The van der Waals surface area contributed by atoms with Gasteiger partial charge < -0.3 is 9.30 Å². The Kier molecular flexibility index (Phi) is 4.12. The summed E-state index contributed by atoms with van der Waals surface area (Å²) in [4.78, 5) is 21.4. The molecular weight excluding hydrogens is 302 g/mol. The maximum Gasteiger partial charge on any atom is 0.261 e. The van der Waals surface area contributed by atoms with Gasteiger partial charge >= 0.3 is 0 Å². The first-order chi connectivity index (χ1) is 10.7. The normalized spacial score (nSPS) is 11.6. The number of fused-ring (bicyclic) bond motifs is 3. The third-order valence-corrected chi connectivity index (χ3v) is 4.04. The molecular formula is C14H17N5O2S. The van der Waals surface area contributed by atoms with Gasteiger partial charge in [0.05, 0.1) is 16.6 Å². The van der Waals surface area contributed by atoms with Crippen molar-refractivity contribution >= 4 is 28.4 Å². The predicted molar refractivity (Wildman–Crippen MR) is 85.6 cm³/mol. The number of ether oxygens (including phenoxy) is 1. The minimum absolute atomic E-state index is 0.0540. The van der Waals surface area contributed by atoms with E-state index < -0.39 is 0 Å². The van der Waals surface area contributed by atoms with Gasteiger partial charge in [-0.2, -0.15) is 9.50 Å². The predicted octanol–water partition coefficient (Wildman–Crippen LogP) is 1.51. The summed E-state index contributed by atoms with van der Waals surface area (Å²) in [5, 5.41) is 5.61. The lowest BCUT2D eigenvalue weighted by Crippen LogP contribution is -2.22. The molecule has 8 heteroatoms. The van der Waals surface area contributed by atoms with Gasteiger partial charge in [0.15, 0.2) is 0 Å². The zero-order chi connectivity index (χ0) is 15.7. The number of aryl methyl sites for hydroxylation is 2. The van der Waals surface area contributed by atoms with Gasteiger partial charge in [-0.15, -0.1) is 5.10 Å². The van der Waals surface area contributed by atoms with E-state index in [4.69, 9.17) is 4.74 Å². The number of hydrogen-bond acceptors (Lipinski definition) is 6. The van der Waals surface area contributed by atoms with Crippen molar-refractivity contribution in [2.24, 2.45) is 0 Å². The van der Waals surface area contributed by atoms with E-state index >= 15 is 0 Å². The van der Waals surface area contributed by atoms with Crippen molar-refractivity contribution in [3.8, 4) is 0 Å². The fourth-order valence-corrected chi connectivity index (χ4v) is 2.78. The molecule has 0 saturated heterocycles. The third-order valence-electron chi connectivity index (χ3n) is 3.50. The summed E-state index contributed by atoms with van der Waals surface area (Å²) in [6.45, 7) is 3.07. The van der Waals surface area contributed by atoms with E-state index in [1.165, 1.54) is 11.8 Å². The van der Waals surface area contributed by atoms with Gasteiger partial charge in [-0.3, -0.25) is 4.79 Å². The van der Waals surface area contributed by atoms with Crippen LogP contribution in [0.4, 0.5) is 0 Å².